The van der Waals surface area contributed by atoms with Crippen molar-refractivity contribution in [3.8, 4) is 0 Å². The maximum atomic E-state index is 13.2. The molecule has 0 spiro atoms. The fourth-order valence-electron chi connectivity index (χ4n) is 2.62. The van der Waals surface area contributed by atoms with E-state index in [2.05, 4.69) is 4.98 Å². The minimum Gasteiger partial charge on any atom is -0.338 e. The van der Waals surface area contributed by atoms with Gasteiger partial charge in [-0.1, -0.05) is 35.1 Å². The summed E-state index contributed by atoms with van der Waals surface area (Å²) in [5.41, 5.74) is 1.94. The zero-order valence-corrected chi connectivity index (χ0v) is 17.0. The van der Waals surface area contributed by atoms with Crippen molar-refractivity contribution in [1.82, 2.24) is 4.98 Å². The lowest BCUT2D eigenvalue weighted by Crippen LogP contribution is -3.06. The molecule has 5 nitrogen and oxygen atoms in total. The molecule has 140 valence electrons. The highest BCUT2D eigenvalue weighted by molar-refractivity contribution is 7.22. The van der Waals surface area contributed by atoms with Crippen LogP contribution in [0.4, 0.5) is 5.13 Å². The van der Waals surface area contributed by atoms with Gasteiger partial charge in [0, 0.05) is 16.1 Å². The van der Waals surface area contributed by atoms with Gasteiger partial charge in [-0.25, -0.2) is 4.98 Å². The first-order chi connectivity index (χ1) is 12.8. The van der Waals surface area contributed by atoms with Crippen LogP contribution in [0.15, 0.2) is 42.5 Å². The molecule has 0 saturated carbocycles. The number of fused-ring (bicyclic) bond motifs is 1. The van der Waals surface area contributed by atoms with Crippen LogP contribution in [-0.4, -0.2) is 43.9 Å². The van der Waals surface area contributed by atoms with E-state index in [9.17, 15) is 9.59 Å². The number of thiazole rings is 1. The lowest BCUT2D eigenvalue weighted by molar-refractivity contribution is -0.856. The Kier molecular flexibility index (Phi) is 5.89. The SMILES string of the molecule is CC(=O)c1ccc(C(=O)N(CC[NH+](C)C)c2nc3ccc(Cl)cc3s2)cc1. The first-order valence-corrected chi connectivity index (χ1v) is 9.82. The summed E-state index contributed by atoms with van der Waals surface area (Å²) in [6.45, 7) is 2.84. The average molecular weight is 403 g/mol. The Labute approximate surface area is 167 Å². The zero-order chi connectivity index (χ0) is 19.6. The molecule has 3 aromatic rings. The fraction of sp³-hybridized carbons (Fsp3) is 0.250. The van der Waals surface area contributed by atoms with E-state index >= 15 is 0 Å². The minimum atomic E-state index is -0.128. The van der Waals surface area contributed by atoms with Gasteiger partial charge in [0.05, 0.1) is 37.4 Å². The second-order valence-electron chi connectivity index (χ2n) is 6.66. The predicted octanol–water partition coefficient (Wildman–Crippen LogP) is 2.94. The van der Waals surface area contributed by atoms with Crippen LogP contribution in [0.2, 0.25) is 5.02 Å². The van der Waals surface area contributed by atoms with Crippen LogP contribution in [0, 0.1) is 0 Å². The molecule has 27 heavy (non-hydrogen) atoms. The van der Waals surface area contributed by atoms with E-state index in [1.807, 2.05) is 26.2 Å². The van der Waals surface area contributed by atoms with Crippen LogP contribution in [-0.2, 0) is 0 Å². The molecule has 0 atom stereocenters. The first-order valence-electron chi connectivity index (χ1n) is 8.63. The van der Waals surface area contributed by atoms with Gasteiger partial charge in [-0.2, -0.15) is 0 Å². The van der Waals surface area contributed by atoms with Crippen LogP contribution in [0.5, 0.6) is 0 Å². The van der Waals surface area contributed by atoms with Crippen molar-refractivity contribution in [3.05, 3.63) is 58.6 Å². The molecule has 0 aliphatic carbocycles. The summed E-state index contributed by atoms with van der Waals surface area (Å²) in [5.74, 6) is -0.151. The number of quaternary nitrogens is 1. The van der Waals surface area contributed by atoms with E-state index in [0.717, 1.165) is 16.8 Å². The lowest BCUT2D eigenvalue weighted by atomic mass is 10.1. The molecule has 1 aromatic heterocycles. The zero-order valence-electron chi connectivity index (χ0n) is 15.5. The van der Waals surface area contributed by atoms with Gasteiger partial charge in [-0.3, -0.25) is 14.5 Å². The maximum Gasteiger partial charge on any atom is 0.260 e. The van der Waals surface area contributed by atoms with Gasteiger partial charge in [-0.15, -0.1) is 0 Å². The van der Waals surface area contributed by atoms with Crippen molar-refractivity contribution in [2.75, 3.05) is 32.1 Å². The number of nitrogens with one attached hydrogen (secondary N) is 1. The van der Waals surface area contributed by atoms with Crippen molar-refractivity contribution in [2.24, 2.45) is 0 Å². The highest BCUT2D eigenvalue weighted by Crippen LogP contribution is 2.31. The Bertz CT molecular complexity index is 983. The number of anilines is 1. The maximum absolute atomic E-state index is 13.2. The van der Waals surface area contributed by atoms with Crippen molar-refractivity contribution >= 4 is 50.0 Å². The van der Waals surface area contributed by atoms with Gasteiger partial charge in [-0.05, 0) is 37.3 Å². The summed E-state index contributed by atoms with van der Waals surface area (Å²) in [7, 11) is 4.09. The standard InChI is InChI=1S/C20H20ClN3O2S/c1-13(25)14-4-6-15(7-5-14)19(26)24(11-10-23(2)3)20-22-17-9-8-16(21)12-18(17)27-20/h4-9,12H,10-11H2,1-3H3/p+1. The van der Waals surface area contributed by atoms with Gasteiger partial charge in [0.2, 0.25) is 0 Å². The quantitative estimate of drug-likeness (QED) is 0.645. The lowest BCUT2D eigenvalue weighted by Gasteiger charge is -2.20. The van der Waals surface area contributed by atoms with Crippen LogP contribution in [0.25, 0.3) is 10.2 Å². The molecule has 0 bridgehead atoms. The Morgan fingerprint density at radius 2 is 1.78 bits per heavy atom. The number of Topliss-reactive ketones (excluding diaryl/α,β-unsaturated/α-hetero) is 1. The van der Waals surface area contributed by atoms with E-state index in [0.29, 0.717) is 27.8 Å². The second kappa shape index (κ2) is 8.17. The van der Waals surface area contributed by atoms with E-state index in [1.165, 1.54) is 23.2 Å². The summed E-state index contributed by atoms with van der Waals surface area (Å²) in [6, 6.07) is 12.3. The topological polar surface area (TPSA) is 54.7 Å². The molecule has 2 aromatic carbocycles. The molecule has 0 aliphatic heterocycles. The normalized spacial score (nSPS) is 11.1. The molecule has 0 fully saturated rings. The number of rotatable bonds is 6. The van der Waals surface area contributed by atoms with Crippen molar-refractivity contribution in [1.29, 1.82) is 0 Å². The summed E-state index contributed by atoms with van der Waals surface area (Å²) in [4.78, 5) is 32.2. The van der Waals surface area contributed by atoms with Gasteiger partial charge in [0.15, 0.2) is 10.9 Å². The largest absolute Gasteiger partial charge is 0.338 e. The van der Waals surface area contributed by atoms with Gasteiger partial charge in [0.25, 0.3) is 5.91 Å². The number of benzene rings is 2. The summed E-state index contributed by atoms with van der Waals surface area (Å²) in [5, 5.41) is 1.29. The fourth-order valence-corrected chi connectivity index (χ4v) is 3.89. The van der Waals surface area contributed by atoms with Crippen LogP contribution in [0.3, 0.4) is 0 Å². The third kappa shape index (κ3) is 4.53. The minimum absolute atomic E-state index is 0.0230. The molecule has 7 heteroatoms. The summed E-state index contributed by atoms with van der Waals surface area (Å²) < 4.78 is 0.944. The van der Waals surface area contributed by atoms with Gasteiger partial charge in [0.1, 0.15) is 0 Å². The first kappa shape index (κ1) is 19.5. The predicted molar refractivity (Wildman–Crippen MR) is 110 cm³/mol. The smallest absolute Gasteiger partial charge is 0.260 e. The number of halogens is 1. The van der Waals surface area contributed by atoms with E-state index < -0.39 is 0 Å². The molecule has 1 N–H and O–H groups in total. The number of hydrogen-bond acceptors (Lipinski definition) is 4. The molecule has 3 rings (SSSR count). The van der Waals surface area contributed by atoms with Crippen molar-refractivity contribution in [2.45, 2.75) is 6.92 Å². The van der Waals surface area contributed by atoms with Crippen LogP contribution >= 0.6 is 22.9 Å². The summed E-state index contributed by atoms with van der Waals surface area (Å²) in [6.07, 6.45) is 0. The third-order valence-corrected chi connectivity index (χ3v) is 5.47. The number of hydrogen-bond donors (Lipinski definition) is 1. The Morgan fingerprint density at radius 3 is 2.41 bits per heavy atom. The molecular weight excluding hydrogens is 382 g/mol. The Balaban J connectivity index is 1.95. The molecule has 0 unspecified atom stereocenters. The number of aromatic nitrogens is 1. The number of nitrogens with zero attached hydrogens (tertiary/aromatic N) is 2. The Morgan fingerprint density at radius 1 is 1.11 bits per heavy atom. The number of carbonyl (C=O) groups is 2. The second-order valence-corrected chi connectivity index (χ2v) is 8.10. The van der Waals surface area contributed by atoms with E-state index in [-0.39, 0.29) is 11.7 Å². The highest BCUT2D eigenvalue weighted by Gasteiger charge is 2.22. The number of ketones is 1. The number of likely N-dealkylation sites (N-methyl/N-ethyl adjacent to an activating group) is 1. The highest BCUT2D eigenvalue weighted by atomic mass is 35.5. The average Bonchev–Trinajstić information content (AvgIpc) is 3.04. The van der Waals surface area contributed by atoms with Crippen molar-refractivity contribution < 1.29 is 14.5 Å². The van der Waals surface area contributed by atoms with E-state index in [1.54, 1.807) is 35.2 Å². The van der Waals surface area contributed by atoms with Crippen LogP contribution in [0.1, 0.15) is 27.6 Å². The van der Waals surface area contributed by atoms with Gasteiger partial charge >= 0.3 is 0 Å². The van der Waals surface area contributed by atoms with Crippen molar-refractivity contribution in [3.63, 3.8) is 0 Å². The molecule has 1 amide bonds. The van der Waals surface area contributed by atoms with Gasteiger partial charge < -0.3 is 4.90 Å². The van der Waals surface area contributed by atoms with Crippen LogP contribution < -0.4 is 9.80 Å². The molecule has 0 saturated heterocycles. The number of carbonyl (C=O) groups excluding carboxylic acids is 2. The molecule has 0 radical (unpaired) electrons. The van der Waals surface area contributed by atoms with E-state index in [4.69, 9.17) is 11.6 Å². The number of amides is 1. The monoisotopic (exact) mass is 402 g/mol. The molecular formula is C20H21ClN3O2S+. The molecule has 0 aliphatic rings. The third-order valence-electron chi connectivity index (χ3n) is 4.19. The Hall–Kier alpha value is -2.28. The summed E-state index contributed by atoms with van der Waals surface area (Å²) >= 11 is 7.52. The molecule has 1 heterocycles.